The van der Waals surface area contributed by atoms with Crippen LogP contribution in [0.3, 0.4) is 0 Å². The van der Waals surface area contributed by atoms with E-state index in [9.17, 15) is 9.59 Å². The van der Waals surface area contributed by atoms with E-state index in [1.165, 1.54) is 14.0 Å². The fourth-order valence-corrected chi connectivity index (χ4v) is 1.77. The summed E-state index contributed by atoms with van der Waals surface area (Å²) in [4.78, 5) is 24.4. The molecule has 2 rings (SSSR count). The number of ether oxygens (including phenoxy) is 2. The van der Waals surface area contributed by atoms with Gasteiger partial charge in [-0.25, -0.2) is 4.79 Å². The molecule has 1 unspecified atom stereocenters. The monoisotopic (exact) mass is 265 g/mol. The summed E-state index contributed by atoms with van der Waals surface area (Å²) in [6, 6.07) is 4.08. The number of fused-ring (bicyclic) bond motifs is 1. The lowest BCUT2D eigenvalue weighted by atomic mass is 10.1. The average Bonchev–Trinajstić information content (AvgIpc) is 2.44. The molecule has 1 aromatic carbocycles. The van der Waals surface area contributed by atoms with Crippen molar-refractivity contribution in [1.82, 2.24) is 4.90 Å². The van der Waals surface area contributed by atoms with Gasteiger partial charge in [0, 0.05) is 7.05 Å². The maximum Gasteiger partial charge on any atom is 0.326 e. The second-order valence-electron chi connectivity index (χ2n) is 4.26. The quantitative estimate of drug-likeness (QED) is 0.882. The summed E-state index contributed by atoms with van der Waals surface area (Å²) in [6.07, 6.45) is 0. The molecule has 0 fully saturated rings. The van der Waals surface area contributed by atoms with Crippen LogP contribution in [-0.4, -0.2) is 48.2 Å². The number of benzene rings is 1. The second-order valence-corrected chi connectivity index (χ2v) is 4.26. The van der Waals surface area contributed by atoms with Gasteiger partial charge in [0.05, 0.1) is 5.56 Å². The van der Waals surface area contributed by atoms with Gasteiger partial charge in [-0.3, -0.25) is 4.79 Å². The third-order valence-electron chi connectivity index (χ3n) is 3.06. The van der Waals surface area contributed by atoms with E-state index >= 15 is 0 Å². The maximum absolute atomic E-state index is 12.3. The summed E-state index contributed by atoms with van der Waals surface area (Å²) < 4.78 is 10.8. The number of rotatable bonds is 3. The lowest BCUT2D eigenvalue weighted by molar-refractivity contribution is -0.141. The number of carbonyl (C=O) groups excluding carboxylic acids is 1. The van der Waals surface area contributed by atoms with Crippen molar-refractivity contribution >= 4 is 11.9 Å². The molecular formula is C13H15NO5. The van der Waals surface area contributed by atoms with Gasteiger partial charge in [0.15, 0.2) is 11.5 Å². The molecule has 1 amide bonds. The minimum Gasteiger partial charge on any atom is -0.486 e. The van der Waals surface area contributed by atoms with Crippen molar-refractivity contribution in [2.24, 2.45) is 0 Å². The van der Waals surface area contributed by atoms with Crippen LogP contribution in [0.4, 0.5) is 0 Å². The molecule has 0 saturated carbocycles. The number of amides is 1. The minimum absolute atomic E-state index is 0.313. The molecule has 102 valence electrons. The van der Waals surface area contributed by atoms with Gasteiger partial charge in [-0.05, 0) is 19.1 Å². The molecule has 6 nitrogen and oxygen atoms in total. The van der Waals surface area contributed by atoms with E-state index in [1.54, 1.807) is 18.2 Å². The Morgan fingerprint density at radius 2 is 2.00 bits per heavy atom. The number of nitrogens with zero attached hydrogens (tertiary/aromatic N) is 1. The third kappa shape index (κ3) is 2.47. The molecule has 1 atom stereocenters. The first-order valence-electron chi connectivity index (χ1n) is 5.91. The number of aliphatic carboxylic acids is 1. The smallest absolute Gasteiger partial charge is 0.326 e. The van der Waals surface area contributed by atoms with E-state index in [0.29, 0.717) is 30.3 Å². The van der Waals surface area contributed by atoms with Crippen LogP contribution in [0.15, 0.2) is 18.2 Å². The highest BCUT2D eigenvalue weighted by molar-refractivity contribution is 5.99. The van der Waals surface area contributed by atoms with E-state index in [4.69, 9.17) is 14.6 Å². The molecule has 0 aliphatic carbocycles. The van der Waals surface area contributed by atoms with Crippen LogP contribution < -0.4 is 9.47 Å². The van der Waals surface area contributed by atoms with Crippen LogP contribution in [-0.2, 0) is 4.79 Å². The first-order valence-corrected chi connectivity index (χ1v) is 5.91. The van der Waals surface area contributed by atoms with Crippen molar-refractivity contribution in [2.75, 3.05) is 20.3 Å². The summed E-state index contributed by atoms with van der Waals surface area (Å²) in [7, 11) is 1.45. The van der Waals surface area contributed by atoms with Crippen LogP contribution in [0.2, 0.25) is 0 Å². The van der Waals surface area contributed by atoms with Crippen molar-refractivity contribution in [3.63, 3.8) is 0 Å². The Kier molecular flexibility index (Phi) is 3.59. The zero-order valence-electron chi connectivity index (χ0n) is 10.8. The van der Waals surface area contributed by atoms with Gasteiger partial charge in [-0.1, -0.05) is 6.07 Å². The Hall–Kier alpha value is -2.24. The van der Waals surface area contributed by atoms with Crippen LogP contribution in [0.5, 0.6) is 11.5 Å². The Labute approximate surface area is 110 Å². The van der Waals surface area contributed by atoms with Gasteiger partial charge < -0.3 is 19.5 Å². The Morgan fingerprint density at radius 1 is 1.32 bits per heavy atom. The number of hydrogen-bond acceptors (Lipinski definition) is 4. The Morgan fingerprint density at radius 3 is 2.68 bits per heavy atom. The standard InChI is InChI=1S/C13H15NO5/c1-8(13(16)17)14(2)12(15)9-4-3-5-10-11(9)19-7-6-18-10/h3-5,8H,6-7H2,1-2H3,(H,16,17). The molecular weight excluding hydrogens is 250 g/mol. The average molecular weight is 265 g/mol. The topological polar surface area (TPSA) is 76.1 Å². The van der Waals surface area contributed by atoms with Crippen molar-refractivity contribution < 1.29 is 24.2 Å². The summed E-state index contributed by atoms with van der Waals surface area (Å²) in [5, 5.41) is 8.94. The summed E-state index contributed by atoms with van der Waals surface area (Å²) in [6.45, 7) is 2.26. The molecule has 1 heterocycles. The van der Waals surface area contributed by atoms with Gasteiger partial charge in [-0.15, -0.1) is 0 Å². The lowest BCUT2D eigenvalue weighted by Gasteiger charge is -2.25. The van der Waals surface area contributed by atoms with E-state index in [1.807, 2.05) is 0 Å². The number of carboxylic acid groups (broad SMARTS) is 1. The predicted octanol–water partition coefficient (Wildman–Crippen LogP) is 1.00. The second kappa shape index (κ2) is 5.17. The van der Waals surface area contributed by atoms with Crippen LogP contribution in [0.1, 0.15) is 17.3 Å². The Balaban J connectivity index is 2.31. The van der Waals surface area contributed by atoms with Gasteiger partial charge in [-0.2, -0.15) is 0 Å². The number of carbonyl (C=O) groups is 2. The summed E-state index contributed by atoms with van der Waals surface area (Å²) in [5.74, 6) is -0.577. The molecule has 1 N–H and O–H groups in total. The van der Waals surface area contributed by atoms with Crippen molar-refractivity contribution in [3.8, 4) is 11.5 Å². The molecule has 19 heavy (non-hydrogen) atoms. The maximum atomic E-state index is 12.3. The van der Waals surface area contributed by atoms with Gasteiger partial charge in [0.2, 0.25) is 0 Å². The molecule has 1 aliphatic rings. The number of carboxylic acids is 1. The van der Waals surface area contributed by atoms with Crippen molar-refractivity contribution in [3.05, 3.63) is 23.8 Å². The molecule has 1 aliphatic heterocycles. The number of para-hydroxylation sites is 1. The molecule has 1 aromatic rings. The first-order chi connectivity index (χ1) is 9.02. The lowest BCUT2D eigenvalue weighted by Crippen LogP contribution is -2.40. The zero-order valence-corrected chi connectivity index (χ0v) is 10.8. The van der Waals surface area contributed by atoms with Crippen LogP contribution in [0, 0.1) is 0 Å². The van der Waals surface area contributed by atoms with Gasteiger partial charge in [0.25, 0.3) is 5.91 Å². The SMILES string of the molecule is CC(C(=O)O)N(C)C(=O)c1cccc2c1OCCO2. The van der Waals surface area contributed by atoms with E-state index < -0.39 is 17.9 Å². The van der Waals surface area contributed by atoms with Crippen LogP contribution in [0.25, 0.3) is 0 Å². The van der Waals surface area contributed by atoms with Gasteiger partial charge in [0.1, 0.15) is 19.3 Å². The van der Waals surface area contributed by atoms with E-state index in [2.05, 4.69) is 0 Å². The fourth-order valence-electron chi connectivity index (χ4n) is 1.77. The van der Waals surface area contributed by atoms with E-state index in [0.717, 1.165) is 4.90 Å². The molecule has 0 bridgehead atoms. The van der Waals surface area contributed by atoms with Crippen LogP contribution >= 0.6 is 0 Å². The zero-order chi connectivity index (χ0) is 14.0. The van der Waals surface area contributed by atoms with E-state index in [-0.39, 0.29) is 0 Å². The summed E-state index contributed by atoms with van der Waals surface area (Å²) >= 11 is 0. The summed E-state index contributed by atoms with van der Waals surface area (Å²) in [5.41, 5.74) is 0.313. The number of hydrogen-bond donors (Lipinski definition) is 1. The Bertz CT molecular complexity index is 514. The normalized spacial score (nSPS) is 14.6. The molecule has 6 heteroatoms. The fraction of sp³-hybridized carbons (Fsp3) is 0.385. The molecule has 0 saturated heterocycles. The van der Waals surface area contributed by atoms with Gasteiger partial charge >= 0.3 is 5.97 Å². The number of likely N-dealkylation sites (N-methyl/N-ethyl adjacent to an activating group) is 1. The predicted molar refractivity (Wildman–Crippen MR) is 66.6 cm³/mol. The highest BCUT2D eigenvalue weighted by atomic mass is 16.6. The third-order valence-corrected chi connectivity index (χ3v) is 3.06. The first kappa shape index (κ1) is 13.2. The molecule has 0 spiro atoms. The largest absolute Gasteiger partial charge is 0.486 e. The molecule has 0 radical (unpaired) electrons. The van der Waals surface area contributed by atoms with Crippen molar-refractivity contribution in [2.45, 2.75) is 13.0 Å². The highest BCUT2D eigenvalue weighted by Gasteiger charge is 2.27. The highest BCUT2D eigenvalue weighted by Crippen LogP contribution is 2.34. The van der Waals surface area contributed by atoms with Crippen molar-refractivity contribution in [1.29, 1.82) is 0 Å². The molecule has 0 aromatic heterocycles. The minimum atomic E-state index is -1.06.